The highest BCUT2D eigenvalue weighted by atomic mass is 16.4. The molecule has 0 spiro atoms. The maximum Gasteiger partial charge on any atom is 0.326 e. The largest absolute Gasteiger partial charge is 0.480 e. The Morgan fingerprint density at radius 3 is 1.92 bits per heavy atom. The second-order valence-electron chi connectivity index (χ2n) is 6.41. The molecule has 0 aromatic rings. The summed E-state index contributed by atoms with van der Waals surface area (Å²) in [5, 5.41) is 16.5. The Kier molecular flexibility index (Phi) is 7.54. The van der Waals surface area contributed by atoms with Gasteiger partial charge in [0.1, 0.15) is 24.2 Å². The molecule has 1 heterocycles. The lowest BCUT2D eigenvalue weighted by molar-refractivity contribution is -0.149. The number of hydrogen-bond acceptors (Lipinski definition) is 5. The molecule has 4 atom stereocenters. The van der Waals surface area contributed by atoms with E-state index in [4.69, 9.17) is 5.11 Å². The fourth-order valence-corrected chi connectivity index (χ4v) is 2.71. The molecule has 1 fully saturated rings. The molecule has 0 unspecified atom stereocenters. The molecule has 0 aromatic carbocycles. The van der Waals surface area contributed by atoms with Gasteiger partial charge in [-0.05, 0) is 33.6 Å². The Hall–Kier alpha value is -2.65. The van der Waals surface area contributed by atoms with E-state index in [1.165, 1.54) is 32.6 Å². The van der Waals surface area contributed by atoms with E-state index < -0.39 is 47.9 Å². The third-order valence-electron chi connectivity index (χ3n) is 4.12. The van der Waals surface area contributed by atoms with Crippen LogP contribution in [0.15, 0.2) is 0 Å². The number of nitrogens with one attached hydrogen (secondary N) is 3. The van der Waals surface area contributed by atoms with Crippen LogP contribution in [-0.2, 0) is 24.0 Å². The molecule has 26 heavy (non-hydrogen) atoms. The molecule has 4 N–H and O–H groups in total. The van der Waals surface area contributed by atoms with Gasteiger partial charge in [-0.25, -0.2) is 4.79 Å². The fraction of sp³-hybridized carbons (Fsp3) is 0.688. The Morgan fingerprint density at radius 1 is 0.923 bits per heavy atom. The minimum Gasteiger partial charge on any atom is -0.480 e. The minimum atomic E-state index is -1.07. The Labute approximate surface area is 151 Å². The van der Waals surface area contributed by atoms with Crippen LogP contribution in [-0.4, -0.2) is 70.3 Å². The summed E-state index contributed by atoms with van der Waals surface area (Å²) < 4.78 is 0. The minimum absolute atomic E-state index is 0.330. The van der Waals surface area contributed by atoms with Crippen LogP contribution in [0.2, 0.25) is 0 Å². The number of likely N-dealkylation sites (tertiary alicyclic amines) is 1. The number of rotatable bonds is 7. The average molecular weight is 370 g/mol. The predicted octanol–water partition coefficient (Wildman–Crippen LogP) is -1.40. The molecule has 0 bridgehead atoms. The van der Waals surface area contributed by atoms with Gasteiger partial charge in [0.05, 0.1) is 0 Å². The zero-order valence-electron chi connectivity index (χ0n) is 15.4. The number of aliphatic carboxylic acids is 1. The van der Waals surface area contributed by atoms with Gasteiger partial charge in [-0.2, -0.15) is 0 Å². The van der Waals surface area contributed by atoms with Crippen molar-refractivity contribution in [1.82, 2.24) is 20.9 Å². The molecule has 0 saturated carbocycles. The Bertz CT molecular complexity index is 593. The van der Waals surface area contributed by atoms with Crippen LogP contribution >= 0.6 is 0 Å². The maximum absolute atomic E-state index is 12.4. The second-order valence-corrected chi connectivity index (χ2v) is 6.41. The zero-order chi connectivity index (χ0) is 20.0. The van der Waals surface area contributed by atoms with Gasteiger partial charge < -0.3 is 26.0 Å². The Balaban J connectivity index is 2.57. The van der Waals surface area contributed by atoms with Crippen molar-refractivity contribution in [3.05, 3.63) is 0 Å². The summed E-state index contributed by atoms with van der Waals surface area (Å²) in [6.07, 6.45) is 0.978. The summed E-state index contributed by atoms with van der Waals surface area (Å²) in [6.45, 7) is 5.99. The van der Waals surface area contributed by atoms with Gasteiger partial charge in [-0.1, -0.05) is 0 Å². The lowest BCUT2D eigenvalue weighted by Gasteiger charge is -2.26. The van der Waals surface area contributed by atoms with Gasteiger partial charge in [0.25, 0.3) is 0 Å². The second kappa shape index (κ2) is 9.16. The number of amides is 4. The van der Waals surface area contributed by atoms with E-state index in [2.05, 4.69) is 16.0 Å². The topological polar surface area (TPSA) is 145 Å². The van der Waals surface area contributed by atoms with Crippen molar-refractivity contribution in [2.75, 3.05) is 6.54 Å². The molecule has 0 aromatic heterocycles. The highest BCUT2D eigenvalue weighted by Crippen LogP contribution is 2.18. The summed E-state index contributed by atoms with van der Waals surface area (Å²) in [4.78, 5) is 59.8. The van der Waals surface area contributed by atoms with Gasteiger partial charge in [0.2, 0.25) is 23.6 Å². The van der Waals surface area contributed by atoms with Gasteiger partial charge in [0.15, 0.2) is 0 Å². The molecule has 10 nitrogen and oxygen atoms in total. The number of nitrogens with zero attached hydrogens (tertiary/aromatic N) is 1. The molecule has 1 aliphatic heterocycles. The third-order valence-corrected chi connectivity index (χ3v) is 4.12. The first kappa shape index (κ1) is 21.4. The molecule has 0 radical (unpaired) electrons. The van der Waals surface area contributed by atoms with Crippen LogP contribution in [0.4, 0.5) is 0 Å². The molecule has 4 amide bonds. The molecule has 146 valence electrons. The first-order valence-corrected chi connectivity index (χ1v) is 8.45. The number of carboxylic acid groups (broad SMARTS) is 1. The van der Waals surface area contributed by atoms with Crippen LogP contribution in [0.25, 0.3) is 0 Å². The van der Waals surface area contributed by atoms with Crippen molar-refractivity contribution in [1.29, 1.82) is 0 Å². The summed E-state index contributed by atoms with van der Waals surface area (Å²) in [7, 11) is 0. The van der Waals surface area contributed by atoms with Gasteiger partial charge >= 0.3 is 5.97 Å². The molecule has 10 heteroatoms. The van der Waals surface area contributed by atoms with Crippen molar-refractivity contribution in [2.45, 2.75) is 64.7 Å². The zero-order valence-corrected chi connectivity index (χ0v) is 15.4. The number of hydrogen-bond donors (Lipinski definition) is 4. The van der Waals surface area contributed by atoms with Crippen LogP contribution in [0, 0.1) is 0 Å². The molecule has 1 rings (SSSR count). The molecule has 1 aliphatic rings. The summed E-state index contributed by atoms with van der Waals surface area (Å²) in [5.74, 6) is -3.04. The number of carbonyl (C=O) groups excluding carboxylic acids is 4. The van der Waals surface area contributed by atoms with Crippen LogP contribution in [0.1, 0.15) is 40.5 Å². The number of carbonyl (C=O) groups is 5. The van der Waals surface area contributed by atoms with E-state index in [9.17, 15) is 24.0 Å². The van der Waals surface area contributed by atoms with E-state index in [0.717, 1.165) is 0 Å². The third kappa shape index (κ3) is 5.71. The first-order valence-electron chi connectivity index (χ1n) is 8.45. The van der Waals surface area contributed by atoms with Gasteiger partial charge in [-0.3, -0.25) is 19.2 Å². The van der Waals surface area contributed by atoms with Crippen molar-refractivity contribution < 1.29 is 29.1 Å². The predicted molar refractivity (Wildman–Crippen MR) is 90.9 cm³/mol. The van der Waals surface area contributed by atoms with Crippen molar-refractivity contribution in [3.63, 3.8) is 0 Å². The van der Waals surface area contributed by atoms with Crippen molar-refractivity contribution in [2.24, 2.45) is 0 Å². The van der Waals surface area contributed by atoms with Crippen molar-refractivity contribution >= 4 is 29.6 Å². The van der Waals surface area contributed by atoms with Crippen LogP contribution < -0.4 is 16.0 Å². The maximum atomic E-state index is 12.4. The van der Waals surface area contributed by atoms with E-state index in [1.807, 2.05) is 0 Å². The standard InChI is InChI=1S/C16H26N4O6/c1-8(17-11(4)21)13(22)18-9(2)14(23)19-10(3)15(24)20-7-5-6-12(20)16(25)26/h8-10,12H,5-7H2,1-4H3,(H,17,21)(H,18,22)(H,19,23)(H,25,26)/t8-,9+,10-,12-/m0/s1. The SMILES string of the molecule is CC(=O)N[C@@H](C)C(=O)N[C@H](C)C(=O)N[C@@H](C)C(=O)N1CCC[C@H]1C(=O)O. The van der Waals surface area contributed by atoms with Crippen molar-refractivity contribution in [3.8, 4) is 0 Å². The highest BCUT2D eigenvalue weighted by molar-refractivity contribution is 5.94. The molecular formula is C16H26N4O6. The number of carboxylic acids is 1. The molecule has 1 saturated heterocycles. The smallest absolute Gasteiger partial charge is 0.326 e. The fourth-order valence-electron chi connectivity index (χ4n) is 2.71. The van der Waals surface area contributed by atoms with E-state index in [1.54, 1.807) is 0 Å². The van der Waals surface area contributed by atoms with E-state index in [-0.39, 0.29) is 5.91 Å². The lowest BCUT2D eigenvalue weighted by Crippen LogP contribution is -2.55. The van der Waals surface area contributed by atoms with Crippen LogP contribution in [0.3, 0.4) is 0 Å². The van der Waals surface area contributed by atoms with E-state index >= 15 is 0 Å². The van der Waals surface area contributed by atoms with Crippen LogP contribution in [0.5, 0.6) is 0 Å². The summed E-state index contributed by atoms with van der Waals surface area (Å²) in [6, 6.07) is -3.53. The average Bonchev–Trinajstić information content (AvgIpc) is 3.02. The summed E-state index contributed by atoms with van der Waals surface area (Å²) >= 11 is 0. The first-order chi connectivity index (χ1) is 12.0. The Morgan fingerprint density at radius 2 is 1.42 bits per heavy atom. The lowest BCUT2D eigenvalue weighted by atomic mass is 10.2. The van der Waals surface area contributed by atoms with Gasteiger partial charge in [-0.15, -0.1) is 0 Å². The highest BCUT2D eigenvalue weighted by Gasteiger charge is 2.36. The molecular weight excluding hydrogens is 344 g/mol. The quantitative estimate of drug-likeness (QED) is 0.433. The summed E-state index contributed by atoms with van der Waals surface area (Å²) in [5.41, 5.74) is 0. The molecule has 0 aliphatic carbocycles. The normalized spacial score (nSPS) is 19.8. The van der Waals surface area contributed by atoms with E-state index in [0.29, 0.717) is 19.4 Å². The van der Waals surface area contributed by atoms with Gasteiger partial charge in [0, 0.05) is 13.5 Å². The monoisotopic (exact) mass is 370 g/mol.